The van der Waals surface area contributed by atoms with E-state index in [0.29, 0.717) is 0 Å². The number of hydrogen-bond donors (Lipinski definition) is 0. The maximum absolute atomic E-state index is 12.8. The Labute approximate surface area is 146 Å². The molecule has 9 heteroatoms. The van der Waals surface area contributed by atoms with E-state index >= 15 is 0 Å². The third-order valence-corrected chi connectivity index (χ3v) is 3.53. The van der Waals surface area contributed by atoms with E-state index < -0.39 is 11.8 Å². The lowest BCUT2D eigenvalue weighted by Gasteiger charge is -2.10. The second kappa shape index (κ2) is 7.82. The average molecular weight is 396 g/mol. The van der Waals surface area contributed by atoms with Crippen molar-refractivity contribution in [3.05, 3.63) is 39.9 Å². The van der Waals surface area contributed by atoms with Crippen LogP contribution in [0.3, 0.4) is 0 Å². The summed E-state index contributed by atoms with van der Waals surface area (Å²) >= 11 is 3.16. The Balaban J connectivity index is 2.55. The highest BCUT2D eigenvalue weighted by Gasteiger charge is 2.25. The van der Waals surface area contributed by atoms with Gasteiger partial charge < -0.3 is 14.2 Å². The molecule has 0 aliphatic rings. The quantitative estimate of drug-likeness (QED) is 0.416. The SMILES string of the molecule is CCOC(=O)c1c(C(=O)c2nc(OC)cc(OC)n2)ccnc1Br. The van der Waals surface area contributed by atoms with Crippen LogP contribution >= 0.6 is 15.9 Å². The maximum Gasteiger partial charge on any atom is 0.341 e. The number of esters is 1. The minimum absolute atomic E-state index is 0.00902. The van der Waals surface area contributed by atoms with Crippen molar-refractivity contribution < 1.29 is 23.8 Å². The van der Waals surface area contributed by atoms with E-state index in [4.69, 9.17) is 14.2 Å². The summed E-state index contributed by atoms with van der Waals surface area (Å²) in [5, 5.41) is 0. The Morgan fingerprint density at radius 2 is 1.79 bits per heavy atom. The first kappa shape index (κ1) is 17.8. The van der Waals surface area contributed by atoms with Gasteiger partial charge in [-0.15, -0.1) is 0 Å². The standard InChI is InChI=1S/C15H14BrN3O5/c1-4-24-15(21)11-8(5-6-17-13(11)16)12(20)14-18-9(22-2)7-10(19-14)23-3/h5-7H,4H2,1-3H3. The van der Waals surface area contributed by atoms with Crippen LogP contribution in [0, 0.1) is 0 Å². The van der Waals surface area contributed by atoms with Crippen molar-refractivity contribution in [3.63, 3.8) is 0 Å². The summed E-state index contributed by atoms with van der Waals surface area (Å²) in [7, 11) is 2.81. The van der Waals surface area contributed by atoms with Gasteiger partial charge in [0.05, 0.1) is 26.9 Å². The zero-order valence-corrected chi connectivity index (χ0v) is 14.8. The number of halogens is 1. The fourth-order valence-corrected chi connectivity index (χ4v) is 2.35. The largest absolute Gasteiger partial charge is 0.481 e. The number of pyridine rings is 1. The summed E-state index contributed by atoms with van der Waals surface area (Å²) in [5.41, 5.74) is 0.0698. The molecule has 0 saturated carbocycles. The van der Waals surface area contributed by atoms with Crippen LogP contribution in [-0.4, -0.2) is 47.5 Å². The van der Waals surface area contributed by atoms with E-state index in [0.717, 1.165) is 0 Å². The summed E-state index contributed by atoms with van der Waals surface area (Å²) in [6, 6.07) is 2.83. The molecule has 2 aromatic rings. The van der Waals surface area contributed by atoms with Crippen molar-refractivity contribution in [2.45, 2.75) is 6.92 Å². The monoisotopic (exact) mass is 395 g/mol. The summed E-state index contributed by atoms with van der Waals surface area (Å²) < 4.78 is 15.2. The van der Waals surface area contributed by atoms with E-state index in [1.807, 2.05) is 0 Å². The molecule has 0 spiro atoms. The zero-order valence-electron chi connectivity index (χ0n) is 13.2. The molecule has 0 aliphatic heterocycles. The second-order valence-corrected chi connectivity index (χ2v) is 5.10. The zero-order chi connectivity index (χ0) is 17.7. The fourth-order valence-electron chi connectivity index (χ4n) is 1.86. The molecule has 0 fully saturated rings. The third kappa shape index (κ3) is 3.67. The van der Waals surface area contributed by atoms with E-state index in [2.05, 4.69) is 30.9 Å². The van der Waals surface area contributed by atoms with Gasteiger partial charge in [0.2, 0.25) is 23.4 Å². The van der Waals surface area contributed by atoms with Crippen LogP contribution in [0.15, 0.2) is 22.9 Å². The average Bonchev–Trinajstić information content (AvgIpc) is 2.60. The van der Waals surface area contributed by atoms with E-state index in [1.165, 1.54) is 32.5 Å². The lowest BCUT2D eigenvalue weighted by molar-refractivity contribution is 0.0521. The number of aromatic nitrogens is 3. The van der Waals surface area contributed by atoms with Gasteiger partial charge in [-0.3, -0.25) is 4.79 Å². The molecule has 2 rings (SSSR count). The van der Waals surface area contributed by atoms with Crippen molar-refractivity contribution >= 4 is 27.7 Å². The van der Waals surface area contributed by atoms with E-state index in [1.54, 1.807) is 6.92 Å². The normalized spacial score (nSPS) is 10.2. The van der Waals surface area contributed by atoms with Crippen LogP contribution in [0.1, 0.15) is 33.5 Å². The van der Waals surface area contributed by atoms with Gasteiger partial charge in [-0.1, -0.05) is 0 Å². The third-order valence-electron chi connectivity index (χ3n) is 2.93. The van der Waals surface area contributed by atoms with Crippen molar-refractivity contribution in [1.82, 2.24) is 15.0 Å². The summed E-state index contributed by atoms with van der Waals surface area (Å²) in [4.78, 5) is 36.9. The van der Waals surface area contributed by atoms with Crippen LogP contribution in [0.2, 0.25) is 0 Å². The molecular formula is C15H14BrN3O5. The lowest BCUT2D eigenvalue weighted by atomic mass is 10.1. The van der Waals surface area contributed by atoms with Crippen molar-refractivity contribution in [2.75, 3.05) is 20.8 Å². The molecule has 0 amide bonds. The van der Waals surface area contributed by atoms with Gasteiger partial charge in [0.1, 0.15) is 10.2 Å². The van der Waals surface area contributed by atoms with Crippen LogP contribution in [-0.2, 0) is 4.74 Å². The van der Waals surface area contributed by atoms with Crippen molar-refractivity contribution in [1.29, 1.82) is 0 Å². The molecule has 24 heavy (non-hydrogen) atoms. The van der Waals surface area contributed by atoms with Gasteiger partial charge in [-0.2, -0.15) is 9.97 Å². The van der Waals surface area contributed by atoms with Gasteiger partial charge >= 0.3 is 5.97 Å². The van der Waals surface area contributed by atoms with Crippen molar-refractivity contribution in [2.24, 2.45) is 0 Å². The van der Waals surface area contributed by atoms with E-state index in [-0.39, 0.29) is 39.9 Å². The minimum atomic E-state index is -0.671. The van der Waals surface area contributed by atoms with Gasteiger partial charge in [0.25, 0.3) is 0 Å². The molecule has 8 nitrogen and oxygen atoms in total. The Morgan fingerprint density at radius 1 is 1.17 bits per heavy atom. The van der Waals surface area contributed by atoms with Crippen molar-refractivity contribution in [3.8, 4) is 11.8 Å². The summed E-state index contributed by atoms with van der Waals surface area (Å²) in [6.07, 6.45) is 1.39. The summed E-state index contributed by atoms with van der Waals surface area (Å²) in [6.45, 7) is 1.83. The first-order valence-electron chi connectivity index (χ1n) is 6.85. The number of ether oxygens (including phenoxy) is 3. The fraction of sp³-hybridized carbons (Fsp3) is 0.267. The molecule has 0 saturated heterocycles. The number of ketones is 1. The molecular weight excluding hydrogens is 382 g/mol. The predicted molar refractivity (Wildman–Crippen MR) is 86.5 cm³/mol. The van der Waals surface area contributed by atoms with Gasteiger partial charge in [0, 0.05) is 11.8 Å². The minimum Gasteiger partial charge on any atom is -0.481 e. The molecule has 2 aromatic heterocycles. The topological polar surface area (TPSA) is 101 Å². The Morgan fingerprint density at radius 3 is 2.33 bits per heavy atom. The lowest BCUT2D eigenvalue weighted by Crippen LogP contribution is -2.16. The Bertz CT molecular complexity index is 759. The molecule has 126 valence electrons. The maximum atomic E-state index is 12.8. The molecule has 0 aromatic carbocycles. The highest BCUT2D eigenvalue weighted by molar-refractivity contribution is 9.10. The second-order valence-electron chi connectivity index (χ2n) is 4.35. The number of methoxy groups -OCH3 is 2. The molecule has 0 bridgehead atoms. The number of nitrogens with zero attached hydrogens (tertiary/aromatic N) is 3. The molecule has 2 heterocycles. The molecule has 0 atom stereocenters. The molecule has 0 aliphatic carbocycles. The molecule has 0 unspecified atom stereocenters. The number of rotatable bonds is 6. The first-order chi connectivity index (χ1) is 11.5. The first-order valence-corrected chi connectivity index (χ1v) is 7.64. The molecule has 0 N–H and O–H groups in total. The van der Waals surface area contributed by atoms with Gasteiger partial charge in [-0.05, 0) is 28.9 Å². The van der Waals surface area contributed by atoms with Gasteiger partial charge in [-0.25, -0.2) is 9.78 Å². The number of hydrogen-bond acceptors (Lipinski definition) is 8. The highest BCUT2D eigenvalue weighted by Crippen LogP contribution is 2.23. The van der Waals surface area contributed by atoms with Crippen LogP contribution in [0.25, 0.3) is 0 Å². The predicted octanol–water partition coefficient (Wildman–Crippen LogP) is 2.06. The van der Waals surface area contributed by atoms with E-state index in [9.17, 15) is 9.59 Å². The number of carbonyl (C=O) groups excluding carboxylic acids is 2. The van der Waals surface area contributed by atoms with Gasteiger partial charge in [0.15, 0.2) is 0 Å². The molecule has 0 radical (unpaired) electrons. The Kier molecular flexibility index (Phi) is 5.80. The summed E-state index contributed by atoms with van der Waals surface area (Å²) in [5.74, 6) is -1.10. The number of carbonyl (C=O) groups is 2. The smallest absolute Gasteiger partial charge is 0.341 e. The van der Waals surface area contributed by atoms with Crippen LogP contribution in [0.5, 0.6) is 11.8 Å². The van der Waals surface area contributed by atoms with Crippen LogP contribution < -0.4 is 9.47 Å². The van der Waals surface area contributed by atoms with Crippen LogP contribution in [0.4, 0.5) is 0 Å². The highest BCUT2D eigenvalue weighted by atomic mass is 79.9. The Hall–Kier alpha value is -2.55.